The molecule has 1 aromatic carbocycles. The molecule has 1 aromatic heterocycles. The third kappa shape index (κ3) is 4.82. The van der Waals surface area contributed by atoms with Gasteiger partial charge in [-0.3, -0.25) is 4.90 Å². The van der Waals surface area contributed by atoms with Crippen molar-refractivity contribution in [3.8, 4) is 11.3 Å². The fraction of sp³-hybridized carbons (Fsp3) is 0.643. The average molecular weight is 495 g/mol. The van der Waals surface area contributed by atoms with Crippen LogP contribution in [0.15, 0.2) is 30.5 Å². The molecule has 0 spiro atoms. The summed E-state index contributed by atoms with van der Waals surface area (Å²) in [7, 11) is -0.374. The van der Waals surface area contributed by atoms with E-state index in [1.54, 1.807) is 0 Å². The van der Waals surface area contributed by atoms with Gasteiger partial charge in [0.2, 0.25) is 0 Å². The van der Waals surface area contributed by atoms with E-state index in [0.717, 1.165) is 61.1 Å². The van der Waals surface area contributed by atoms with Crippen LogP contribution in [0.5, 0.6) is 0 Å². The number of likely N-dealkylation sites (tertiary alicyclic amines) is 1. The van der Waals surface area contributed by atoms with Crippen molar-refractivity contribution in [2.24, 2.45) is 0 Å². The van der Waals surface area contributed by atoms with Crippen molar-refractivity contribution in [2.75, 3.05) is 6.54 Å². The van der Waals surface area contributed by atoms with E-state index in [-0.39, 0.29) is 30.5 Å². The lowest BCUT2D eigenvalue weighted by Crippen LogP contribution is -2.46. The minimum absolute atomic E-state index is 0.0952. The third-order valence-corrected chi connectivity index (χ3v) is 8.92. The van der Waals surface area contributed by atoms with E-state index in [2.05, 4.69) is 75.8 Å². The zero-order valence-electron chi connectivity index (χ0n) is 23.0. The molecule has 7 nitrogen and oxygen atoms in total. The second kappa shape index (κ2) is 10.2. The Morgan fingerprint density at radius 1 is 1.14 bits per heavy atom. The van der Waals surface area contributed by atoms with Crippen molar-refractivity contribution in [1.29, 1.82) is 0 Å². The predicted molar refractivity (Wildman–Crippen MR) is 143 cm³/mol. The van der Waals surface area contributed by atoms with Gasteiger partial charge >= 0.3 is 13.2 Å². The molecule has 2 aliphatic rings. The zero-order chi connectivity index (χ0) is 26.1. The average Bonchev–Trinajstić information content (AvgIpc) is 3.62. The number of amides is 1. The predicted octanol–water partition coefficient (Wildman–Crippen LogP) is 6.01. The number of imidazole rings is 1. The lowest BCUT2D eigenvalue weighted by Gasteiger charge is -2.37. The molecular formula is C28H42BN3O4. The Labute approximate surface area is 216 Å². The monoisotopic (exact) mass is 495 g/mol. The first-order valence-corrected chi connectivity index (χ1v) is 13.6. The number of benzene rings is 1. The molecule has 3 heterocycles. The molecule has 0 radical (unpaired) electrons. The van der Waals surface area contributed by atoms with E-state index in [4.69, 9.17) is 14.0 Å². The molecular weight excluding hydrogens is 453 g/mol. The SMILES string of the molecule is CCC(C)(CC)OC(=O)N1CCCC1c1ncc(-c2ccc(B3OC(C)(CC)C(C)(CC)O3)cc2)[nH]1. The second-order valence-corrected chi connectivity index (χ2v) is 10.9. The van der Waals surface area contributed by atoms with Gasteiger partial charge in [-0.05, 0) is 70.3 Å². The van der Waals surface area contributed by atoms with E-state index >= 15 is 0 Å². The summed E-state index contributed by atoms with van der Waals surface area (Å²) in [5.74, 6) is 0.804. The first-order valence-electron chi connectivity index (χ1n) is 13.6. The molecule has 0 bridgehead atoms. The number of aromatic amines is 1. The second-order valence-electron chi connectivity index (χ2n) is 10.9. The molecule has 3 unspecified atom stereocenters. The minimum atomic E-state index is -0.434. The third-order valence-electron chi connectivity index (χ3n) is 8.92. The molecule has 4 rings (SSSR count). The van der Waals surface area contributed by atoms with Crippen LogP contribution in [0, 0.1) is 0 Å². The first kappa shape index (κ1) is 26.7. The first-order chi connectivity index (χ1) is 17.1. The number of aromatic nitrogens is 2. The Hall–Kier alpha value is -2.32. The summed E-state index contributed by atoms with van der Waals surface area (Å²) in [6.07, 6.45) is 6.78. The summed E-state index contributed by atoms with van der Waals surface area (Å²) < 4.78 is 18.7. The number of ether oxygens (including phenoxy) is 1. The fourth-order valence-electron chi connectivity index (χ4n) is 5.20. The number of hydrogen-bond acceptors (Lipinski definition) is 5. The molecule has 2 aliphatic heterocycles. The van der Waals surface area contributed by atoms with Crippen molar-refractivity contribution in [3.05, 3.63) is 36.3 Å². The lowest BCUT2D eigenvalue weighted by atomic mass is 9.78. The lowest BCUT2D eigenvalue weighted by molar-refractivity contribution is -0.0281. The van der Waals surface area contributed by atoms with Crippen LogP contribution in [0.3, 0.4) is 0 Å². The molecule has 1 N–H and O–H groups in total. The summed E-state index contributed by atoms with van der Waals surface area (Å²) in [6, 6.07) is 8.17. The smallest absolute Gasteiger partial charge is 0.443 e. The highest BCUT2D eigenvalue weighted by Crippen LogP contribution is 2.42. The Kier molecular flexibility index (Phi) is 7.59. The highest BCUT2D eigenvalue weighted by Gasteiger charge is 2.55. The van der Waals surface area contributed by atoms with Crippen LogP contribution >= 0.6 is 0 Å². The Bertz CT molecular complexity index is 1040. The Balaban J connectivity index is 1.47. The molecule has 0 saturated carbocycles. The highest BCUT2D eigenvalue weighted by molar-refractivity contribution is 6.62. The maximum Gasteiger partial charge on any atom is 0.494 e. The molecule has 2 aromatic rings. The molecule has 3 atom stereocenters. The van der Waals surface area contributed by atoms with Gasteiger partial charge in [-0.2, -0.15) is 0 Å². The van der Waals surface area contributed by atoms with Crippen LogP contribution in [0.4, 0.5) is 4.79 Å². The molecule has 0 aliphatic carbocycles. The fourth-order valence-corrected chi connectivity index (χ4v) is 5.20. The largest absolute Gasteiger partial charge is 0.494 e. The van der Waals surface area contributed by atoms with Crippen molar-refractivity contribution < 1.29 is 18.8 Å². The highest BCUT2D eigenvalue weighted by atomic mass is 16.7. The van der Waals surface area contributed by atoms with Gasteiger partial charge in [0.15, 0.2) is 0 Å². The van der Waals surface area contributed by atoms with Gasteiger partial charge in [-0.25, -0.2) is 9.78 Å². The minimum Gasteiger partial charge on any atom is -0.443 e. The summed E-state index contributed by atoms with van der Waals surface area (Å²) in [5.41, 5.74) is 1.90. The number of rotatable bonds is 8. The van der Waals surface area contributed by atoms with Gasteiger partial charge < -0.3 is 19.0 Å². The van der Waals surface area contributed by atoms with Crippen LogP contribution < -0.4 is 5.46 Å². The molecule has 2 fully saturated rings. The number of nitrogens with zero attached hydrogens (tertiary/aromatic N) is 2. The van der Waals surface area contributed by atoms with Gasteiger partial charge in [0.05, 0.1) is 29.1 Å². The van der Waals surface area contributed by atoms with Crippen LogP contribution in [-0.4, -0.2) is 51.4 Å². The molecule has 1 amide bonds. The molecule has 8 heteroatoms. The maximum atomic E-state index is 13.0. The summed E-state index contributed by atoms with van der Waals surface area (Å²) in [4.78, 5) is 22.9. The van der Waals surface area contributed by atoms with E-state index in [9.17, 15) is 4.79 Å². The molecule has 2 saturated heterocycles. The molecule has 196 valence electrons. The van der Waals surface area contributed by atoms with Crippen LogP contribution in [-0.2, 0) is 14.0 Å². The van der Waals surface area contributed by atoms with Crippen molar-refractivity contribution in [1.82, 2.24) is 14.9 Å². The Morgan fingerprint density at radius 2 is 1.75 bits per heavy atom. The number of nitrogens with one attached hydrogen (secondary N) is 1. The normalized spacial score (nSPS) is 26.6. The summed E-state index contributed by atoms with van der Waals surface area (Å²) in [5, 5.41) is 0. The van der Waals surface area contributed by atoms with Crippen molar-refractivity contribution in [2.45, 2.75) is 110 Å². The van der Waals surface area contributed by atoms with Crippen molar-refractivity contribution >= 4 is 18.7 Å². The van der Waals surface area contributed by atoms with Gasteiger partial charge in [0.25, 0.3) is 0 Å². The number of H-pyrrole nitrogens is 1. The zero-order valence-corrected chi connectivity index (χ0v) is 23.0. The van der Waals surface area contributed by atoms with Gasteiger partial charge in [0, 0.05) is 6.54 Å². The van der Waals surface area contributed by atoms with Crippen molar-refractivity contribution in [3.63, 3.8) is 0 Å². The standard InChI is InChI=1S/C28H42BN3O4/c1-8-26(5,9-2)34-25(33)32-18-12-13-23(32)24-30-19-22(31-24)20-14-16-21(17-15-20)29-35-27(6,10-3)28(7,11-4)36-29/h14-17,19,23H,8-13,18H2,1-7H3,(H,30,31). The van der Waals surface area contributed by atoms with E-state index in [1.165, 1.54) is 0 Å². The maximum absolute atomic E-state index is 13.0. The number of carbonyl (C=O) groups is 1. The van der Waals surface area contributed by atoms with E-state index in [1.807, 2.05) is 18.0 Å². The summed E-state index contributed by atoms with van der Waals surface area (Å²) >= 11 is 0. The topological polar surface area (TPSA) is 76.7 Å². The van der Waals surface area contributed by atoms with Crippen LogP contribution in [0.2, 0.25) is 0 Å². The number of hydrogen-bond donors (Lipinski definition) is 1. The van der Waals surface area contributed by atoms with Crippen LogP contribution in [0.1, 0.15) is 98.9 Å². The van der Waals surface area contributed by atoms with E-state index in [0.29, 0.717) is 6.54 Å². The van der Waals surface area contributed by atoms with Gasteiger partial charge in [-0.15, -0.1) is 0 Å². The van der Waals surface area contributed by atoms with Crippen LogP contribution in [0.25, 0.3) is 11.3 Å². The van der Waals surface area contributed by atoms with E-state index < -0.39 is 5.60 Å². The molecule has 36 heavy (non-hydrogen) atoms. The van der Waals surface area contributed by atoms with Gasteiger partial charge in [-0.1, -0.05) is 52.0 Å². The number of carbonyl (C=O) groups excluding carboxylic acids is 1. The Morgan fingerprint density at radius 3 is 2.31 bits per heavy atom. The quantitative estimate of drug-likeness (QED) is 0.454. The summed E-state index contributed by atoms with van der Waals surface area (Å²) in [6.45, 7) is 15.4. The van der Waals surface area contributed by atoms with Gasteiger partial charge in [0.1, 0.15) is 11.4 Å².